The van der Waals surface area contributed by atoms with Crippen molar-refractivity contribution >= 4 is 36.7 Å². The van der Waals surface area contributed by atoms with E-state index in [9.17, 15) is 8.42 Å². The number of benzene rings is 1. The molecule has 0 aliphatic heterocycles. The van der Waals surface area contributed by atoms with Gasteiger partial charge in [0.05, 0.1) is 5.75 Å². The zero-order valence-corrected chi connectivity index (χ0v) is 12.2. The van der Waals surface area contributed by atoms with Crippen LogP contribution >= 0.6 is 15.9 Å². The Bertz CT molecular complexity index is 658. The van der Waals surface area contributed by atoms with Gasteiger partial charge in [-0.3, -0.25) is 0 Å². The van der Waals surface area contributed by atoms with Crippen LogP contribution < -0.4 is 0 Å². The highest BCUT2D eigenvalue weighted by molar-refractivity contribution is 9.10. The van der Waals surface area contributed by atoms with E-state index >= 15 is 0 Å². The van der Waals surface area contributed by atoms with Crippen LogP contribution in [0, 0.1) is 0 Å². The van der Waals surface area contributed by atoms with Crippen molar-refractivity contribution in [3.8, 4) is 0 Å². The van der Waals surface area contributed by atoms with Gasteiger partial charge in [0.25, 0.3) is 0 Å². The predicted octanol–water partition coefficient (Wildman–Crippen LogP) is 2.97. The Morgan fingerprint density at radius 2 is 2.06 bits per heavy atom. The Hall–Kier alpha value is -0.810. The molecule has 0 bridgehead atoms. The van der Waals surface area contributed by atoms with Gasteiger partial charge in [-0.15, -0.1) is 0 Å². The molecule has 1 heterocycles. The largest absolute Gasteiger partial charge is 0.347 e. The van der Waals surface area contributed by atoms with E-state index in [0.717, 1.165) is 27.5 Å². The Morgan fingerprint density at radius 1 is 1.35 bits per heavy atom. The first-order valence-corrected chi connectivity index (χ1v) is 8.21. The molecule has 3 nitrogen and oxygen atoms in total. The van der Waals surface area contributed by atoms with E-state index in [1.807, 2.05) is 31.3 Å². The standard InChI is InChI=1S/C12H14BrNO2S/c1-3-14-7-9(8-17(2,15)16)11-6-10(13)4-5-12(11)14/h4-7H,3,8H2,1-2H3. The van der Waals surface area contributed by atoms with Gasteiger partial charge >= 0.3 is 0 Å². The lowest BCUT2D eigenvalue weighted by Gasteiger charge is -1.99. The second-order valence-electron chi connectivity index (χ2n) is 4.17. The molecule has 0 aliphatic rings. The van der Waals surface area contributed by atoms with Crippen LogP contribution in [0.2, 0.25) is 0 Å². The van der Waals surface area contributed by atoms with Crippen molar-refractivity contribution in [3.05, 3.63) is 34.4 Å². The van der Waals surface area contributed by atoms with E-state index in [4.69, 9.17) is 0 Å². The molecule has 0 N–H and O–H groups in total. The van der Waals surface area contributed by atoms with Gasteiger partial charge in [-0.25, -0.2) is 8.42 Å². The zero-order valence-electron chi connectivity index (χ0n) is 9.77. The number of sulfone groups is 1. The monoisotopic (exact) mass is 315 g/mol. The number of hydrogen-bond donors (Lipinski definition) is 0. The van der Waals surface area contributed by atoms with Crippen molar-refractivity contribution in [2.24, 2.45) is 0 Å². The van der Waals surface area contributed by atoms with E-state index in [0.29, 0.717) is 0 Å². The third-order valence-electron chi connectivity index (χ3n) is 2.68. The van der Waals surface area contributed by atoms with Crippen LogP contribution in [0.5, 0.6) is 0 Å². The number of halogens is 1. The highest BCUT2D eigenvalue weighted by atomic mass is 79.9. The maximum absolute atomic E-state index is 11.4. The molecule has 92 valence electrons. The maximum atomic E-state index is 11.4. The minimum atomic E-state index is -3.01. The van der Waals surface area contributed by atoms with Crippen molar-refractivity contribution in [2.45, 2.75) is 19.2 Å². The number of rotatable bonds is 3. The summed E-state index contributed by atoms with van der Waals surface area (Å²) in [5.74, 6) is 0.0902. The number of aromatic nitrogens is 1. The maximum Gasteiger partial charge on any atom is 0.151 e. The van der Waals surface area contributed by atoms with E-state index in [1.165, 1.54) is 6.26 Å². The summed E-state index contributed by atoms with van der Waals surface area (Å²) in [5, 5.41) is 1.01. The number of aryl methyl sites for hydroxylation is 1. The van der Waals surface area contributed by atoms with Gasteiger partial charge < -0.3 is 4.57 Å². The third kappa shape index (κ3) is 2.72. The van der Waals surface area contributed by atoms with E-state index < -0.39 is 9.84 Å². The average Bonchev–Trinajstić information content (AvgIpc) is 2.54. The molecule has 1 aromatic carbocycles. The molecule has 1 aromatic heterocycles. The lowest BCUT2D eigenvalue weighted by Crippen LogP contribution is -2.00. The molecular weight excluding hydrogens is 302 g/mol. The molecule has 0 spiro atoms. The summed E-state index contributed by atoms with van der Waals surface area (Å²) in [7, 11) is -3.01. The SMILES string of the molecule is CCn1cc(CS(C)(=O)=O)c2cc(Br)ccc21. The molecule has 0 fully saturated rings. The highest BCUT2D eigenvalue weighted by Gasteiger charge is 2.12. The van der Waals surface area contributed by atoms with Gasteiger partial charge in [0, 0.05) is 34.4 Å². The van der Waals surface area contributed by atoms with Crippen LogP contribution in [0.1, 0.15) is 12.5 Å². The first-order chi connectivity index (χ1) is 7.90. The van der Waals surface area contributed by atoms with Gasteiger partial charge in [0.2, 0.25) is 0 Å². The van der Waals surface area contributed by atoms with Crippen LogP contribution in [0.4, 0.5) is 0 Å². The Balaban J connectivity index is 2.66. The number of hydrogen-bond acceptors (Lipinski definition) is 2. The van der Waals surface area contributed by atoms with Crippen molar-refractivity contribution < 1.29 is 8.42 Å². The average molecular weight is 316 g/mol. The summed E-state index contributed by atoms with van der Waals surface area (Å²) in [6.07, 6.45) is 3.19. The minimum Gasteiger partial charge on any atom is -0.347 e. The van der Waals surface area contributed by atoms with Crippen molar-refractivity contribution in [3.63, 3.8) is 0 Å². The molecule has 0 radical (unpaired) electrons. The fraction of sp³-hybridized carbons (Fsp3) is 0.333. The molecule has 0 aliphatic carbocycles. The lowest BCUT2D eigenvalue weighted by atomic mass is 10.2. The van der Waals surface area contributed by atoms with Gasteiger partial charge in [-0.05, 0) is 30.7 Å². The van der Waals surface area contributed by atoms with Crippen LogP contribution in [0.15, 0.2) is 28.9 Å². The highest BCUT2D eigenvalue weighted by Crippen LogP contribution is 2.26. The third-order valence-corrected chi connectivity index (χ3v) is 4.01. The molecule has 5 heteroatoms. The van der Waals surface area contributed by atoms with Gasteiger partial charge in [-0.2, -0.15) is 0 Å². The molecule has 0 saturated carbocycles. The molecule has 17 heavy (non-hydrogen) atoms. The van der Waals surface area contributed by atoms with Crippen LogP contribution in [-0.2, 0) is 22.1 Å². The Kier molecular flexibility index (Phi) is 3.32. The molecule has 2 rings (SSSR count). The summed E-state index contributed by atoms with van der Waals surface area (Å²) < 4.78 is 25.8. The lowest BCUT2D eigenvalue weighted by molar-refractivity contribution is 0.601. The van der Waals surface area contributed by atoms with E-state index in [-0.39, 0.29) is 5.75 Å². The summed E-state index contributed by atoms with van der Waals surface area (Å²) in [4.78, 5) is 0. The topological polar surface area (TPSA) is 39.1 Å². The second kappa shape index (κ2) is 4.46. The zero-order chi connectivity index (χ0) is 12.6. The second-order valence-corrected chi connectivity index (χ2v) is 7.23. The summed E-state index contributed by atoms with van der Waals surface area (Å²) in [6.45, 7) is 2.88. The van der Waals surface area contributed by atoms with Crippen LogP contribution in [-0.4, -0.2) is 19.2 Å². The molecule has 2 aromatic rings. The summed E-state index contributed by atoms with van der Waals surface area (Å²) in [6, 6.07) is 5.95. The quantitative estimate of drug-likeness (QED) is 0.873. The first-order valence-electron chi connectivity index (χ1n) is 5.35. The van der Waals surface area contributed by atoms with Crippen LogP contribution in [0.3, 0.4) is 0 Å². The fourth-order valence-electron chi connectivity index (χ4n) is 2.00. The van der Waals surface area contributed by atoms with Gasteiger partial charge in [0.15, 0.2) is 9.84 Å². The molecule has 0 atom stereocenters. The summed E-state index contributed by atoms with van der Waals surface area (Å²) in [5.41, 5.74) is 1.94. The molecule has 0 saturated heterocycles. The smallest absolute Gasteiger partial charge is 0.151 e. The fourth-order valence-corrected chi connectivity index (χ4v) is 3.16. The van der Waals surface area contributed by atoms with Gasteiger partial charge in [-0.1, -0.05) is 15.9 Å². The predicted molar refractivity (Wildman–Crippen MR) is 73.9 cm³/mol. The Labute approximate surface area is 109 Å². The molecule has 0 unspecified atom stereocenters. The Morgan fingerprint density at radius 3 is 2.65 bits per heavy atom. The van der Waals surface area contributed by atoms with Crippen molar-refractivity contribution in [2.75, 3.05) is 6.26 Å². The molecule has 0 amide bonds. The van der Waals surface area contributed by atoms with Crippen molar-refractivity contribution in [1.29, 1.82) is 0 Å². The van der Waals surface area contributed by atoms with Crippen molar-refractivity contribution in [1.82, 2.24) is 4.57 Å². The van der Waals surface area contributed by atoms with Gasteiger partial charge in [0.1, 0.15) is 0 Å². The minimum absolute atomic E-state index is 0.0902. The first kappa shape index (κ1) is 12.6. The number of nitrogens with zero attached hydrogens (tertiary/aromatic N) is 1. The van der Waals surface area contributed by atoms with E-state index in [1.54, 1.807) is 0 Å². The molecular formula is C12H14BrNO2S. The van der Waals surface area contributed by atoms with E-state index in [2.05, 4.69) is 20.5 Å². The normalized spacial score (nSPS) is 12.2. The summed E-state index contributed by atoms with van der Waals surface area (Å²) >= 11 is 3.42. The van der Waals surface area contributed by atoms with Crippen LogP contribution in [0.25, 0.3) is 10.9 Å². The number of fused-ring (bicyclic) bond motifs is 1.